The van der Waals surface area contributed by atoms with E-state index in [1.165, 1.54) is 12.1 Å². The minimum Gasteiger partial charge on any atom is -0.457 e. The van der Waals surface area contributed by atoms with E-state index < -0.39 is 9.84 Å². The summed E-state index contributed by atoms with van der Waals surface area (Å²) >= 11 is 4.95. The summed E-state index contributed by atoms with van der Waals surface area (Å²) in [5.74, 6) is 1.05. The zero-order valence-corrected chi connectivity index (χ0v) is 13.3. The van der Waals surface area contributed by atoms with Crippen molar-refractivity contribution in [2.45, 2.75) is 11.8 Å². The van der Waals surface area contributed by atoms with E-state index in [9.17, 15) is 8.42 Å². The van der Waals surface area contributed by atoms with Gasteiger partial charge in [-0.3, -0.25) is 0 Å². The van der Waals surface area contributed by atoms with Crippen molar-refractivity contribution in [3.63, 3.8) is 0 Å². The number of nitrogens with two attached hydrogens (primary N) is 1. The van der Waals surface area contributed by atoms with Crippen LogP contribution in [0.1, 0.15) is 11.1 Å². The fraction of sp³-hybridized carbons (Fsp3) is 0.133. The smallest absolute Gasteiger partial charge is 0.175 e. The van der Waals surface area contributed by atoms with E-state index in [2.05, 4.69) is 0 Å². The minimum absolute atomic E-state index is 0.219. The maximum absolute atomic E-state index is 11.5. The average molecular weight is 321 g/mol. The number of aryl methyl sites for hydroxylation is 1. The van der Waals surface area contributed by atoms with Crippen LogP contribution in [0.4, 0.5) is 0 Å². The van der Waals surface area contributed by atoms with Crippen LogP contribution in [-0.2, 0) is 9.84 Å². The molecule has 0 aromatic heterocycles. The van der Waals surface area contributed by atoms with Crippen molar-refractivity contribution in [1.29, 1.82) is 0 Å². The third-order valence-corrected chi connectivity index (χ3v) is 4.26. The van der Waals surface area contributed by atoms with E-state index >= 15 is 0 Å². The summed E-state index contributed by atoms with van der Waals surface area (Å²) in [4.78, 5) is 0.551. The average Bonchev–Trinajstić information content (AvgIpc) is 2.37. The molecule has 6 heteroatoms. The van der Waals surface area contributed by atoms with Crippen molar-refractivity contribution in [3.8, 4) is 11.5 Å². The zero-order chi connectivity index (χ0) is 15.6. The summed E-state index contributed by atoms with van der Waals surface area (Å²) < 4.78 is 28.7. The number of thiocarbonyl (C=S) groups is 1. The van der Waals surface area contributed by atoms with Gasteiger partial charge < -0.3 is 10.5 Å². The third-order valence-electron chi connectivity index (χ3n) is 2.93. The zero-order valence-electron chi connectivity index (χ0n) is 11.7. The van der Waals surface area contributed by atoms with Gasteiger partial charge in [0.25, 0.3) is 0 Å². The lowest BCUT2D eigenvalue weighted by atomic mass is 10.1. The fourth-order valence-electron chi connectivity index (χ4n) is 1.88. The first-order valence-electron chi connectivity index (χ1n) is 6.16. The van der Waals surface area contributed by atoms with Gasteiger partial charge in [-0.2, -0.15) is 0 Å². The first-order valence-corrected chi connectivity index (χ1v) is 8.46. The number of sulfone groups is 1. The van der Waals surface area contributed by atoms with E-state index in [1.807, 2.05) is 13.0 Å². The van der Waals surface area contributed by atoms with Crippen LogP contribution >= 0.6 is 12.2 Å². The van der Waals surface area contributed by atoms with Gasteiger partial charge in [-0.05, 0) is 48.9 Å². The molecule has 2 aromatic rings. The van der Waals surface area contributed by atoms with Crippen molar-refractivity contribution < 1.29 is 13.2 Å². The lowest BCUT2D eigenvalue weighted by molar-refractivity contribution is 0.480. The van der Waals surface area contributed by atoms with Gasteiger partial charge in [-0.1, -0.05) is 18.3 Å². The molecule has 2 N–H and O–H groups in total. The van der Waals surface area contributed by atoms with E-state index in [1.54, 1.807) is 24.3 Å². The van der Waals surface area contributed by atoms with Crippen molar-refractivity contribution in [2.75, 3.05) is 6.26 Å². The van der Waals surface area contributed by atoms with Gasteiger partial charge in [-0.25, -0.2) is 8.42 Å². The molecule has 0 aliphatic rings. The van der Waals surface area contributed by atoms with Gasteiger partial charge in [0.2, 0.25) is 0 Å². The number of rotatable bonds is 4. The highest BCUT2D eigenvalue weighted by Gasteiger charge is 2.09. The lowest BCUT2D eigenvalue weighted by Crippen LogP contribution is -2.10. The summed E-state index contributed by atoms with van der Waals surface area (Å²) in [6.45, 7) is 1.88. The first kappa shape index (κ1) is 15.5. The Balaban J connectivity index is 2.31. The van der Waals surface area contributed by atoms with Crippen molar-refractivity contribution in [1.82, 2.24) is 0 Å². The maximum Gasteiger partial charge on any atom is 0.175 e. The van der Waals surface area contributed by atoms with Crippen LogP contribution in [0, 0.1) is 6.92 Å². The number of hydrogen-bond acceptors (Lipinski definition) is 4. The van der Waals surface area contributed by atoms with Gasteiger partial charge >= 0.3 is 0 Å². The lowest BCUT2D eigenvalue weighted by Gasteiger charge is -2.10. The topological polar surface area (TPSA) is 69.4 Å². The molecule has 0 radical (unpaired) electrons. The van der Waals surface area contributed by atoms with Gasteiger partial charge in [0.1, 0.15) is 16.5 Å². The molecule has 0 fully saturated rings. The Bertz CT molecular complexity index is 798. The van der Waals surface area contributed by atoms with E-state index in [0.717, 1.165) is 17.4 Å². The SMILES string of the molecule is Cc1cc(Oc2cccc(S(C)(=O)=O)c2)ccc1C(N)=S. The van der Waals surface area contributed by atoms with E-state index in [4.69, 9.17) is 22.7 Å². The summed E-state index contributed by atoms with van der Waals surface area (Å²) in [5, 5.41) is 0. The van der Waals surface area contributed by atoms with E-state index in [0.29, 0.717) is 16.5 Å². The molecule has 0 aliphatic heterocycles. The largest absolute Gasteiger partial charge is 0.457 e. The molecule has 0 saturated carbocycles. The summed E-state index contributed by atoms with van der Waals surface area (Å²) in [5.41, 5.74) is 7.30. The molecule has 0 heterocycles. The molecule has 0 atom stereocenters. The van der Waals surface area contributed by atoms with Gasteiger partial charge in [-0.15, -0.1) is 0 Å². The summed E-state index contributed by atoms with van der Waals surface area (Å²) in [6.07, 6.45) is 1.16. The monoisotopic (exact) mass is 321 g/mol. The molecule has 2 rings (SSSR count). The fourth-order valence-corrected chi connectivity index (χ4v) is 2.77. The van der Waals surface area contributed by atoms with Gasteiger partial charge in [0, 0.05) is 11.8 Å². The number of hydrogen-bond donors (Lipinski definition) is 1. The molecule has 0 spiro atoms. The Morgan fingerprint density at radius 2 is 1.81 bits per heavy atom. The first-order chi connectivity index (χ1) is 9.77. The standard InChI is InChI=1S/C15H15NO3S2/c1-10-8-12(6-7-14(10)15(16)20)19-11-4-3-5-13(9-11)21(2,17)18/h3-9H,1-2H3,(H2,16,20). The molecule has 0 amide bonds. The second-order valence-corrected chi connectivity index (χ2v) is 7.15. The Kier molecular flexibility index (Phi) is 4.29. The highest BCUT2D eigenvalue weighted by molar-refractivity contribution is 7.90. The van der Waals surface area contributed by atoms with Crippen molar-refractivity contribution in [2.24, 2.45) is 5.73 Å². The Morgan fingerprint density at radius 1 is 1.14 bits per heavy atom. The highest BCUT2D eigenvalue weighted by atomic mass is 32.2. The summed E-state index contributed by atoms with van der Waals surface area (Å²) in [6, 6.07) is 11.7. The van der Waals surface area contributed by atoms with Crippen LogP contribution in [0.15, 0.2) is 47.4 Å². The molecular weight excluding hydrogens is 306 g/mol. The minimum atomic E-state index is -3.26. The number of benzene rings is 2. The van der Waals surface area contributed by atoms with Crippen LogP contribution < -0.4 is 10.5 Å². The molecule has 0 bridgehead atoms. The maximum atomic E-state index is 11.5. The predicted octanol–water partition coefficient (Wildman–Crippen LogP) is 2.83. The Labute approximate surface area is 129 Å². The molecule has 21 heavy (non-hydrogen) atoms. The van der Waals surface area contributed by atoms with Crippen LogP contribution in [0.5, 0.6) is 11.5 Å². The second-order valence-electron chi connectivity index (χ2n) is 4.69. The molecule has 0 unspecified atom stereocenters. The van der Waals surface area contributed by atoms with Crippen LogP contribution in [-0.4, -0.2) is 19.7 Å². The molecular formula is C15H15NO3S2. The highest BCUT2D eigenvalue weighted by Crippen LogP contribution is 2.25. The number of ether oxygens (including phenoxy) is 1. The van der Waals surface area contributed by atoms with Crippen molar-refractivity contribution in [3.05, 3.63) is 53.6 Å². The Morgan fingerprint density at radius 3 is 2.38 bits per heavy atom. The van der Waals surface area contributed by atoms with Crippen LogP contribution in [0.25, 0.3) is 0 Å². The molecule has 2 aromatic carbocycles. The third kappa shape index (κ3) is 3.80. The van der Waals surface area contributed by atoms with Gasteiger partial charge in [0.15, 0.2) is 9.84 Å². The quantitative estimate of drug-likeness (QED) is 0.877. The second kappa shape index (κ2) is 5.83. The van der Waals surface area contributed by atoms with Crippen LogP contribution in [0.3, 0.4) is 0 Å². The van der Waals surface area contributed by atoms with E-state index in [-0.39, 0.29) is 4.90 Å². The molecule has 0 aliphatic carbocycles. The summed E-state index contributed by atoms with van der Waals surface area (Å²) in [7, 11) is -3.26. The Hall–Kier alpha value is -1.92. The normalized spacial score (nSPS) is 11.1. The molecule has 0 saturated heterocycles. The van der Waals surface area contributed by atoms with Crippen molar-refractivity contribution >= 4 is 27.0 Å². The van der Waals surface area contributed by atoms with Gasteiger partial charge in [0.05, 0.1) is 4.90 Å². The van der Waals surface area contributed by atoms with Crippen LogP contribution in [0.2, 0.25) is 0 Å². The molecule has 4 nitrogen and oxygen atoms in total. The molecule has 110 valence electrons. The predicted molar refractivity (Wildman–Crippen MR) is 86.7 cm³/mol.